The Labute approximate surface area is 121 Å². The molecule has 1 atom stereocenters. The van der Waals surface area contributed by atoms with Gasteiger partial charge in [0, 0.05) is 19.5 Å². The van der Waals surface area contributed by atoms with Crippen molar-refractivity contribution in [2.24, 2.45) is 5.41 Å². The summed E-state index contributed by atoms with van der Waals surface area (Å²) in [5, 5.41) is 21.1. The van der Waals surface area contributed by atoms with Gasteiger partial charge in [0.25, 0.3) is 0 Å². The molecule has 2 N–H and O–H groups in total. The molecule has 8 heteroatoms. The number of urea groups is 1. The zero-order valence-electron chi connectivity index (χ0n) is 11.5. The van der Waals surface area contributed by atoms with Gasteiger partial charge < -0.3 is 10.0 Å². The van der Waals surface area contributed by atoms with Crippen molar-refractivity contribution in [3.8, 4) is 0 Å². The first-order valence-corrected chi connectivity index (χ1v) is 7.38. The van der Waals surface area contributed by atoms with Gasteiger partial charge in [-0.3, -0.25) is 10.1 Å². The van der Waals surface area contributed by atoms with E-state index in [1.165, 1.54) is 16.2 Å². The number of carbonyl (C=O) groups is 2. The number of carbonyl (C=O) groups excluding carboxylic acids is 1. The third-order valence-electron chi connectivity index (χ3n) is 3.42. The highest BCUT2D eigenvalue weighted by atomic mass is 32.1. The second-order valence-electron chi connectivity index (χ2n) is 5.22. The average molecular weight is 298 g/mol. The third-order valence-corrected chi connectivity index (χ3v) is 4.32. The van der Waals surface area contributed by atoms with E-state index in [9.17, 15) is 9.59 Å². The quantitative estimate of drug-likeness (QED) is 0.884. The van der Waals surface area contributed by atoms with Gasteiger partial charge in [-0.05, 0) is 19.8 Å². The number of nitrogens with one attached hydrogen (secondary N) is 1. The summed E-state index contributed by atoms with van der Waals surface area (Å²) in [4.78, 5) is 24.7. The molecular formula is C12H18N4O3S. The number of hydrogen-bond donors (Lipinski definition) is 2. The van der Waals surface area contributed by atoms with Crippen LogP contribution in [0.5, 0.6) is 0 Å². The minimum absolute atomic E-state index is 0.217. The first-order valence-electron chi connectivity index (χ1n) is 6.56. The Morgan fingerprint density at radius 2 is 2.25 bits per heavy atom. The number of hydrogen-bond acceptors (Lipinski definition) is 5. The molecule has 0 spiro atoms. The summed E-state index contributed by atoms with van der Waals surface area (Å²) in [6.45, 7) is 4.37. The lowest BCUT2D eigenvalue weighted by atomic mass is 9.90. The van der Waals surface area contributed by atoms with Crippen molar-refractivity contribution in [3.05, 3.63) is 5.01 Å². The average Bonchev–Trinajstić information content (AvgIpc) is 2.98. The number of carboxylic acids is 1. The molecule has 110 valence electrons. The lowest BCUT2D eigenvalue weighted by Crippen LogP contribution is -2.37. The van der Waals surface area contributed by atoms with Gasteiger partial charge in [-0.15, -0.1) is 10.2 Å². The highest BCUT2D eigenvalue weighted by Crippen LogP contribution is 2.30. The Balaban J connectivity index is 1.94. The molecule has 1 unspecified atom stereocenters. The van der Waals surface area contributed by atoms with Crippen molar-refractivity contribution >= 4 is 28.5 Å². The molecule has 0 radical (unpaired) electrons. The summed E-state index contributed by atoms with van der Waals surface area (Å²) >= 11 is 1.35. The minimum atomic E-state index is -0.867. The van der Waals surface area contributed by atoms with E-state index in [0.29, 0.717) is 18.1 Å². The van der Waals surface area contributed by atoms with Gasteiger partial charge in [-0.25, -0.2) is 4.79 Å². The van der Waals surface area contributed by atoms with Gasteiger partial charge in [-0.2, -0.15) is 0 Å². The Morgan fingerprint density at radius 3 is 2.85 bits per heavy atom. The van der Waals surface area contributed by atoms with E-state index in [2.05, 4.69) is 22.4 Å². The molecule has 20 heavy (non-hydrogen) atoms. The number of carboxylic acid groups (broad SMARTS) is 1. The van der Waals surface area contributed by atoms with E-state index >= 15 is 0 Å². The molecule has 2 rings (SSSR count). The minimum Gasteiger partial charge on any atom is -0.481 e. The zero-order chi connectivity index (χ0) is 14.8. The topological polar surface area (TPSA) is 95.4 Å². The Morgan fingerprint density at radius 1 is 1.50 bits per heavy atom. The number of nitrogens with zero attached hydrogens (tertiary/aromatic N) is 3. The number of anilines is 1. The number of amides is 2. The van der Waals surface area contributed by atoms with Crippen LogP contribution < -0.4 is 5.32 Å². The van der Waals surface area contributed by atoms with Crippen LogP contribution >= 0.6 is 11.3 Å². The Hall–Kier alpha value is -1.70. The number of aryl methyl sites for hydroxylation is 1. The number of likely N-dealkylation sites (tertiary alicyclic amines) is 1. The maximum Gasteiger partial charge on any atom is 0.323 e. The van der Waals surface area contributed by atoms with Crippen molar-refractivity contribution in [1.82, 2.24) is 15.1 Å². The Bertz CT molecular complexity index is 519. The van der Waals surface area contributed by atoms with Crippen molar-refractivity contribution in [3.63, 3.8) is 0 Å². The van der Waals surface area contributed by atoms with Gasteiger partial charge in [0.1, 0.15) is 5.01 Å². The molecule has 2 heterocycles. The predicted molar refractivity (Wildman–Crippen MR) is 74.9 cm³/mol. The SMILES string of the molecule is CCCc1nnc(NC(=O)N2CCC(C)(C(=O)O)C2)s1. The van der Waals surface area contributed by atoms with Gasteiger partial charge >= 0.3 is 12.0 Å². The van der Waals surface area contributed by atoms with E-state index in [1.54, 1.807) is 6.92 Å². The summed E-state index contributed by atoms with van der Waals surface area (Å²) in [5.74, 6) is -0.867. The lowest BCUT2D eigenvalue weighted by molar-refractivity contribution is -0.146. The second-order valence-corrected chi connectivity index (χ2v) is 6.28. The molecule has 1 saturated heterocycles. The van der Waals surface area contributed by atoms with Crippen LogP contribution in [0, 0.1) is 5.41 Å². The van der Waals surface area contributed by atoms with E-state index < -0.39 is 11.4 Å². The fourth-order valence-corrected chi connectivity index (χ4v) is 2.93. The van der Waals surface area contributed by atoms with Crippen LogP contribution in [0.15, 0.2) is 0 Å². The van der Waals surface area contributed by atoms with Gasteiger partial charge in [0.2, 0.25) is 5.13 Å². The maximum atomic E-state index is 12.1. The summed E-state index contributed by atoms with van der Waals surface area (Å²) in [6.07, 6.45) is 2.28. The molecule has 0 aliphatic carbocycles. The largest absolute Gasteiger partial charge is 0.481 e. The molecular weight excluding hydrogens is 280 g/mol. The third kappa shape index (κ3) is 3.06. The molecule has 2 amide bonds. The van der Waals surface area contributed by atoms with Crippen LogP contribution in [0.25, 0.3) is 0 Å². The van der Waals surface area contributed by atoms with Crippen molar-refractivity contribution in [2.45, 2.75) is 33.1 Å². The molecule has 7 nitrogen and oxygen atoms in total. The molecule has 1 aliphatic heterocycles. The molecule has 1 aromatic rings. The van der Waals surface area contributed by atoms with Gasteiger partial charge in [0.15, 0.2) is 0 Å². The lowest BCUT2D eigenvalue weighted by Gasteiger charge is -2.19. The van der Waals surface area contributed by atoms with Gasteiger partial charge in [-0.1, -0.05) is 18.3 Å². The van der Waals surface area contributed by atoms with Crippen LogP contribution in [-0.4, -0.2) is 45.3 Å². The predicted octanol–water partition coefficient (Wildman–Crippen LogP) is 1.82. The number of aliphatic carboxylic acids is 1. The fraction of sp³-hybridized carbons (Fsp3) is 0.667. The van der Waals surface area contributed by atoms with Crippen molar-refractivity contribution < 1.29 is 14.7 Å². The Kier molecular flexibility index (Phi) is 4.22. The number of rotatable bonds is 4. The fourth-order valence-electron chi connectivity index (χ4n) is 2.10. The molecule has 0 saturated carbocycles. The first-order chi connectivity index (χ1) is 9.44. The molecule has 1 aliphatic rings. The summed E-state index contributed by atoms with van der Waals surface area (Å²) < 4.78 is 0. The monoisotopic (exact) mass is 298 g/mol. The maximum absolute atomic E-state index is 12.1. The highest BCUT2D eigenvalue weighted by molar-refractivity contribution is 7.15. The van der Waals surface area contributed by atoms with E-state index in [4.69, 9.17) is 5.11 Å². The highest BCUT2D eigenvalue weighted by Gasteiger charge is 2.42. The standard InChI is InChI=1S/C12H18N4O3S/c1-3-4-8-14-15-10(20-8)13-11(19)16-6-5-12(2,7-16)9(17)18/h3-7H2,1-2H3,(H,17,18)(H,13,15,19). The van der Waals surface area contributed by atoms with Crippen LogP contribution in [0.4, 0.5) is 9.93 Å². The molecule has 0 bridgehead atoms. The summed E-state index contributed by atoms with van der Waals surface area (Å²) in [5.41, 5.74) is -0.855. The smallest absolute Gasteiger partial charge is 0.323 e. The second kappa shape index (κ2) is 5.74. The number of aromatic nitrogens is 2. The van der Waals surface area contributed by atoms with Crippen molar-refractivity contribution in [2.75, 3.05) is 18.4 Å². The van der Waals surface area contributed by atoms with E-state index in [-0.39, 0.29) is 12.6 Å². The van der Waals surface area contributed by atoms with Crippen LogP contribution in [0.2, 0.25) is 0 Å². The van der Waals surface area contributed by atoms with E-state index in [1.807, 2.05) is 0 Å². The van der Waals surface area contributed by atoms with Crippen LogP contribution in [-0.2, 0) is 11.2 Å². The van der Waals surface area contributed by atoms with E-state index in [0.717, 1.165) is 17.8 Å². The normalized spacial score (nSPS) is 22.0. The summed E-state index contributed by atoms with van der Waals surface area (Å²) in [6, 6.07) is -0.311. The molecule has 0 aromatic carbocycles. The van der Waals surface area contributed by atoms with Crippen LogP contribution in [0.3, 0.4) is 0 Å². The molecule has 1 fully saturated rings. The zero-order valence-corrected chi connectivity index (χ0v) is 12.4. The van der Waals surface area contributed by atoms with Gasteiger partial charge in [0.05, 0.1) is 5.41 Å². The summed E-state index contributed by atoms with van der Waals surface area (Å²) in [7, 11) is 0. The first kappa shape index (κ1) is 14.7. The molecule has 1 aromatic heterocycles. The van der Waals surface area contributed by atoms with Crippen LogP contribution in [0.1, 0.15) is 31.7 Å². The van der Waals surface area contributed by atoms with Crippen molar-refractivity contribution in [1.29, 1.82) is 0 Å².